The lowest BCUT2D eigenvalue weighted by molar-refractivity contribution is 0.159. The van der Waals surface area contributed by atoms with E-state index >= 15 is 0 Å². The van der Waals surface area contributed by atoms with Crippen LogP contribution in [-0.4, -0.2) is 74.2 Å². The standard InChI is InChI=1S/C21H43N5/c1-4-13-25-16-10-20(11-17-25)18-24-21(22-5-2)23-12-8-15-26-14-7-6-9-19(26)3/h19-20H,4-18H2,1-3H3,(H2,22,23,24). The van der Waals surface area contributed by atoms with Crippen LogP contribution in [0, 0.1) is 5.92 Å². The van der Waals surface area contributed by atoms with Crippen molar-refractivity contribution in [2.75, 3.05) is 52.4 Å². The number of nitrogens with zero attached hydrogens (tertiary/aromatic N) is 3. The predicted octanol–water partition coefficient (Wildman–Crippen LogP) is 2.93. The van der Waals surface area contributed by atoms with Gasteiger partial charge in [-0.3, -0.25) is 4.99 Å². The normalized spacial score (nSPS) is 24.0. The molecule has 1 atom stereocenters. The predicted molar refractivity (Wildman–Crippen MR) is 113 cm³/mol. The number of piperidine rings is 2. The largest absolute Gasteiger partial charge is 0.357 e. The zero-order valence-electron chi connectivity index (χ0n) is 17.6. The Bertz CT molecular complexity index is 390. The Balaban J connectivity index is 1.64. The topological polar surface area (TPSA) is 42.9 Å². The van der Waals surface area contributed by atoms with Gasteiger partial charge in [0.15, 0.2) is 5.96 Å². The molecule has 0 bridgehead atoms. The van der Waals surface area contributed by atoms with Crippen molar-refractivity contribution in [2.24, 2.45) is 10.9 Å². The van der Waals surface area contributed by atoms with Crippen LogP contribution in [0.2, 0.25) is 0 Å². The SMILES string of the molecule is CCCN1CCC(CN=C(NCC)NCCCN2CCCCC2C)CC1. The van der Waals surface area contributed by atoms with Gasteiger partial charge >= 0.3 is 0 Å². The van der Waals surface area contributed by atoms with Gasteiger partial charge < -0.3 is 20.4 Å². The average molecular weight is 366 g/mol. The van der Waals surface area contributed by atoms with Gasteiger partial charge in [0.05, 0.1) is 0 Å². The van der Waals surface area contributed by atoms with Crippen molar-refractivity contribution in [1.29, 1.82) is 0 Å². The molecule has 0 radical (unpaired) electrons. The summed E-state index contributed by atoms with van der Waals surface area (Å²) < 4.78 is 0. The fourth-order valence-corrected chi connectivity index (χ4v) is 4.25. The number of hydrogen-bond donors (Lipinski definition) is 2. The summed E-state index contributed by atoms with van der Waals surface area (Å²) >= 11 is 0. The van der Waals surface area contributed by atoms with Crippen LogP contribution in [0.1, 0.15) is 65.7 Å². The Morgan fingerprint density at radius 2 is 1.81 bits per heavy atom. The monoisotopic (exact) mass is 365 g/mol. The molecule has 0 amide bonds. The number of nitrogens with one attached hydrogen (secondary N) is 2. The molecule has 0 aromatic rings. The highest BCUT2D eigenvalue weighted by Crippen LogP contribution is 2.18. The summed E-state index contributed by atoms with van der Waals surface area (Å²) in [6, 6.07) is 0.768. The van der Waals surface area contributed by atoms with E-state index in [-0.39, 0.29) is 0 Å². The van der Waals surface area contributed by atoms with Gasteiger partial charge in [0, 0.05) is 32.2 Å². The van der Waals surface area contributed by atoms with E-state index in [0.717, 1.165) is 37.6 Å². The molecular formula is C21H43N5. The van der Waals surface area contributed by atoms with E-state index in [9.17, 15) is 0 Å². The molecule has 2 fully saturated rings. The highest BCUT2D eigenvalue weighted by atomic mass is 15.2. The molecule has 2 saturated heterocycles. The van der Waals surface area contributed by atoms with Crippen LogP contribution in [0.3, 0.4) is 0 Å². The van der Waals surface area contributed by atoms with Gasteiger partial charge in [0.1, 0.15) is 0 Å². The van der Waals surface area contributed by atoms with Crippen LogP contribution in [-0.2, 0) is 0 Å². The van der Waals surface area contributed by atoms with Crippen LogP contribution >= 0.6 is 0 Å². The van der Waals surface area contributed by atoms with Crippen LogP contribution in [0.15, 0.2) is 4.99 Å². The van der Waals surface area contributed by atoms with Crippen molar-refractivity contribution in [3.8, 4) is 0 Å². The molecule has 5 heteroatoms. The Morgan fingerprint density at radius 3 is 2.50 bits per heavy atom. The summed E-state index contributed by atoms with van der Waals surface area (Å²) in [6.45, 7) is 16.0. The lowest BCUT2D eigenvalue weighted by Crippen LogP contribution is -2.41. The van der Waals surface area contributed by atoms with Crippen molar-refractivity contribution < 1.29 is 0 Å². The number of rotatable bonds is 9. The third-order valence-electron chi connectivity index (χ3n) is 5.95. The molecule has 2 heterocycles. The summed E-state index contributed by atoms with van der Waals surface area (Å²) in [6.07, 6.45) is 9.22. The highest BCUT2D eigenvalue weighted by molar-refractivity contribution is 5.79. The highest BCUT2D eigenvalue weighted by Gasteiger charge is 2.19. The minimum atomic E-state index is 0.757. The first-order valence-electron chi connectivity index (χ1n) is 11.2. The molecule has 5 nitrogen and oxygen atoms in total. The molecule has 0 aromatic carbocycles. The molecule has 0 aromatic heterocycles. The molecule has 0 spiro atoms. The maximum atomic E-state index is 4.87. The van der Waals surface area contributed by atoms with Crippen molar-refractivity contribution in [3.05, 3.63) is 0 Å². The Kier molecular flexibility index (Phi) is 10.4. The van der Waals surface area contributed by atoms with Crippen LogP contribution in [0.4, 0.5) is 0 Å². The number of aliphatic imine (C=N–C) groups is 1. The second kappa shape index (κ2) is 12.6. The van der Waals surface area contributed by atoms with Gasteiger partial charge in [-0.2, -0.15) is 0 Å². The summed E-state index contributed by atoms with van der Waals surface area (Å²) in [5, 5.41) is 6.96. The molecule has 2 rings (SSSR count). The minimum absolute atomic E-state index is 0.757. The van der Waals surface area contributed by atoms with Gasteiger partial charge in [0.25, 0.3) is 0 Å². The summed E-state index contributed by atoms with van der Waals surface area (Å²) in [7, 11) is 0. The Labute approximate surface area is 162 Å². The van der Waals surface area contributed by atoms with Crippen molar-refractivity contribution >= 4 is 5.96 Å². The zero-order valence-corrected chi connectivity index (χ0v) is 17.6. The minimum Gasteiger partial charge on any atom is -0.357 e. The number of likely N-dealkylation sites (tertiary alicyclic amines) is 2. The maximum absolute atomic E-state index is 4.87. The first-order chi connectivity index (χ1) is 12.7. The second-order valence-electron chi connectivity index (χ2n) is 8.17. The number of hydrogen-bond acceptors (Lipinski definition) is 3. The molecule has 2 aliphatic heterocycles. The smallest absolute Gasteiger partial charge is 0.191 e. The third kappa shape index (κ3) is 7.83. The average Bonchev–Trinajstić information content (AvgIpc) is 2.66. The molecule has 152 valence electrons. The number of guanidine groups is 1. The van der Waals surface area contributed by atoms with Crippen LogP contribution in [0.5, 0.6) is 0 Å². The van der Waals surface area contributed by atoms with E-state index < -0.39 is 0 Å². The molecule has 0 aliphatic carbocycles. The molecule has 1 unspecified atom stereocenters. The Hall–Kier alpha value is -0.810. The Morgan fingerprint density at radius 1 is 1.00 bits per heavy atom. The van der Waals surface area contributed by atoms with Gasteiger partial charge in [-0.15, -0.1) is 0 Å². The molecule has 0 saturated carbocycles. The third-order valence-corrected chi connectivity index (χ3v) is 5.95. The lowest BCUT2D eigenvalue weighted by Gasteiger charge is -2.33. The first kappa shape index (κ1) is 21.5. The lowest BCUT2D eigenvalue weighted by atomic mass is 9.97. The fourth-order valence-electron chi connectivity index (χ4n) is 4.25. The van der Waals surface area contributed by atoms with Crippen molar-refractivity contribution in [3.63, 3.8) is 0 Å². The molecule has 2 N–H and O–H groups in total. The molecular weight excluding hydrogens is 322 g/mol. The first-order valence-corrected chi connectivity index (χ1v) is 11.2. The molecule has 2 aliphatic rings. The van der Waals surface area contributed by atoms with E-state index in [1.807, 2.05) is 0 Å². The van der Waals surface area contributed by atoms with Gasteiger partial charge in [-0.05, 0) is 84.5 Å². The summed E-state index contributed by atoms with van der Waals surface area (Å²) in [5.41, 5.74) is 0. The summed E-state index contributed by atoms with van der Waals surface area (Å²) in [5.74, 6) is 1.77. The van der Waals surface area contributed by atoms with E-state index in [4.69, 9.17) is 4.99 Å². The quantitative estimate of drug-likeness (QED) is 0.375. The second-order valence-corrected chi connectivity index (χ2v) is 8.17. The van der Waals surface area contributed by atoms with E-state index in [2.05, 4.69) is 41.2 Å². The summed E-state index contributed by atoms with van der Waals surface area (Å²) in [4.78, 5) is 10.1. The van der Waals surface area contributed by atoms with E-state index in [0.29, 0.717) is 0 Å². The molecule has 26 heavy (non-hydrogen) atoms. The zero-order chi connectivity index (χ0) is 18.6. The van der Waals surface area contributed by atoms with E-state index in [1.54, 1.807) is 0 Å². The van der Waals surface area contributed by atoms with E-state index in [1.165, 1.54) is 77.7 Å². The fraction of sp³-hybridized carbons (Fsp3) is 0.952. The van der Waals surface area contributed by atoms with Gasteiger partial charge in [0.2, 0.25) is 0 Å². The van der Waals surface area contributed by atoms with Gasteiger partial charge in [-0.1, -0.05) is 13.3 Å². The van der Waals surface area contributed by atoms with Crippen molar-refractivity contribution in [2.45, 2.75) is 71.8 Å². The van der Waals surface area contributed by atoms with Crippen LogP contribution in [0.25, 0.3) is 0 Å². The van der Waals surface area contributed by atoms with Gasteiger partial charge in [-0.25, -0.2) is 0 Å². The van der Waals surface area contributed by atoms with Crippen LogP contribution < -0.4 is 10.6 Å². The van der Waals surface area contributed by atoms with Crippen molar-refractivity contribution in [1.82, 2.24) is 20.4 Å². The maximum Gasteiger partial charge on any atom is 0.191 e.